The second-order valence-corrected chi connectivity index (χ2v) is 7.40. The molecule has 1 heterocycles. The number of hydrogen-bond donors (Lipinski definition) is 0. The Morgan fingerprint density at radius 3 is 2.39 bits per heavy atom. The van der Waals surface area contributed by atoms with E-state index in [0.717, 1.165) is 29.1 Å². The first-order valence-corrected chi connectivity index (χ1v) is 10.1. The Morgan fingerprint density at radius 2 is 1.64 bits per heavy atom. The van der Waals surface area contributed by atoms with Crippen molar-refractivity contribution in [2.45, 2.75) is 11.6 Å². The maximum Gasteiger partial charge on any atom is 0.266 e. The van der Waals surface area contributed by atoms with E-state index in [0.29, 0.717) is 10.5 Å². The maximum atomic E-state index is 13.2. The molecular weight excluding hydrogens is 368 g/mol. The average molecular weight is 388 g/mol. The SMILES string of the molecule is COc1ccc(-n2c(SCCc3ccccc3)nc3ccccc3c2=O)cc1. The quantitative estimate of drug-likeness (QED) is 0.354. The van der Waals surface area contributed by atoms with E-state index in [4.69, 9.17) is 9.72 Å². The third kappa shape index (κ3) is 3.80. The van der Waals surface area contributed by atoms with Crippen molar-refractivity contribution in [3.05, 3.63) is 94.8 Å². The van der Waals surface area contributed by atoms with Gasteiger partial charge in [0.25, 0.3) is 5.56 Å². The first-order valence-electron chi connectivity index (χ1n) is 9.09. The van der Waals surface area contributed by atoms with Crippen LogP contribution in [0.15, 0.2) is 88.8 Å². The van der Waals surface area contributed by atoms with E-state index in [1.807, 2.05) is 66.7 Å². The number of aryl methyl sites for hydroxylation is 1. The van der Waals surface area contributed by atoms with Crippen molar-refractivity contribution in [1.29, 1.82) is 0 Å². The molecular formula is C23H20N2O2S. The van der Waals surface area contributed by atoms with Gasteiger partial charge in [-0.3, -0.25) is 9.36 Å². The molecule has 140 valence electrons. The van der Waals surface area contributed by atoms with Gasteiger partial charge in [0.1, 0.15) is 5.75 Å². The average Bonchev–Trinajstić information content (AvgIpc) is 2.75. The lowest BCUT2D eigenvalue weighted by Crippen LogP contribution is -2.21. The Hall–Kier alpha value is -3.05. The number of fused-ring (bicyclic) bond motifs is 1. The van der Waals surface area contributed by atoms with E-state index in [1.54, 1.807) is 23.4 Å². The smallest absolute Gasteiger partial charge is 0.266 e. The summed E-state index contributed by atoms with van der Waals surface area (Å²) in [5, 5.41) is 1.32. The molecule has 0 fully saturated rings. The fourth-order valence-corrected chi connectivity index (χ4v) is 4.07. The van der Waals surface area contributed by atoms with E-state index < -0.39 is 0 Å². The van der Waals surface area contributed by atoms with Crippen molar-refractivity contribution >= 4 is 22.7 Å². The summed E-state index contributed by atoms with van der Waals surface area (Å²) < 4.78 is 6.93. The van der Waals surface area contributed by atoms with Crippen LogP contribution < -0.4 is 10.3 Å². The molecule has 4 aromatic rings. The molecule has 0 atom stereocenters. The molecule has 1 aromatic heterocycles. The van der Waals surface area contributed by atoms with Gasteiger partial charge in [0.2, 0.25) is 0 Å². The summed E-state index contributed by atoms with van der Waals surface area (Å²) in [5.41, 5.74) is 2.72. The standard InChI is InChI=1S/C23H20N2O2S/c1-27-19-13-11-18(12-14-19)25-22(26)20-9-5-6-10-21(20)24-23(25)28-16-15-17-7-3-2-4-8-17/h2-14H,15-16H2,1H3. The molecule has 28 heavy (non-hydrogen) atoms. The van der Waals surface area contributed by atoms with Crippen molar-refractivity contribution in [2.75, 3.05) is 12.9 Å². The van der Waals surface area contributed by atoms with Crippen LogP contribution >= 0.6 is 11.8 Å². The normalized spacial score (nSPS) is 10.9. The van der Waals surface area contributed by atoms with Crippen LogP contribution in [0.2, 0.25) is 0 Å². The van der Waals surface area contributed by atoms with Crippen LogP contribution in [-0.4, -0.2) is 22.4 Å². The van der Waals surface area contributed by atoms with Gasteiger partial charge in [-0.05, 0) is 48.4 Å². The molecule has 0 saturated heterocycles. The molecule has 3 aromatic carbocycles. The van der Waals surface area contributed by atoms with Gasteiger partial charge < -0.3 is 4.74 Å². The van der Waals surface area contributed by atoms with Crippen LogP contribution in [0, 0.1) is 0 Å². The molecule has 4 rings (SSSR count). The Labute approximate surface area is 167 Å². The van der Waals surface area contributed by atoms with Gasteiger partial charge in [0.05, 0.1) is 23.7 Å². The van der Waals surface area contributed by atoms with Gasteiger partial charge in [-0.2, -0.15) is 0 Å². The van der Waals surface area contributed by atoms with E-state index in [1.165, 1.54) is 5.56 Å². The summed E-state index contributed by atoms with van der Waals surface area (Å²) in [7, 11) is 1.63. The number of rotatable bonds is 6. The second kappa shape index (κ2) is 8.31. The van der Waals surface area contributed by atoms with E-state index >= 15 is 0 Å². The summed E-state index contributed by atoms with van der Waals surface area (Å²) in [6.45, 7) is 0. The molecule has 0 radical (unpaired) electrons. The highest BCUT2D eigenvalue weighted by Crippen LogP contribution is 2.23. The predicted molar refractivity (Wildman–Crippen MR) is 115 cm³/mol. The summed E-state index contributed by atoms with van der Waals surface area (Å²) in [4.78, 5) is 18.0. The minimum Gasteiger partial charge on any atom is -0.497 e. The Kier molecular flexibility index (Phi) is 5.44. The highest BCUT2D eigenvalue weighted by atomic mass is 32.2. The molecule has 0 aliphatic carbocycles. The van der Waals surface area contributed by atoms with Crippen LogP contribution in [0.1, 0.15) is 5.56 Å². The largest absolute Gasteiger partial charge is 0.497 e. The van der Waals surface area contributed by atoms with Crippen LogP contribution in [0.5, 0.6) is 5.75 Å². The predicted octanol–water partition coefficient (Wildman–Crippen LogP) is 4.73. The monoisotopic (exact) mass is 388 g/mol. The minimum atomic E-state index is -0.0574. The molecule has 0 bridgehead atoms. The lowest BCUT2D eigenvalue weighted by atomic mass is 10.2. The van der Waals surface area contributed by atoms with Crippen LogP contribution in [0.3, 0.4) is 0 Å². The summed E-state index contributed by atoms with van der Waals surface area (Å²) in [5.74, 6) is 1.59. The van der Waals surface area contributed by atoms with Gasteiger partial charge >= 0.3 is 0 Å². The first-order chi connectivity index (χ1) is 13.8. The Balaban J connectivity index is 1.73. The minimum absolute atomic E-state index is 0.0574. The molecule has 0 spiro atoms. The van der Waals surface area contributed by atoms with Crippen molar-refractivity contribution in [1.82, 2.24) is 9.55 Å². The number of hydrogen-bond acceptors (Lipinski definition) is 4. The Bertz CT molecular complexity index is 1140. The van der Waals surface area contributed by atoms with Gasteiger partial charge in [0.15, 0.2) is 5.16 Å². The summed E-state index contributed by atoms with van der Waals surface area (Å²) >= 11 is 1.60. The highest BCUT2D eigenvalue weighted by molar-refractivity contribution is 7.99. The van der Waals surface area contributed by atoms with E-state index in [-0.39, 0.29) is 5.56 Å². The lowest BCUT2D eigenvalue weighted by Gasteiger charge is -2.13. The van der Waals surface area contributed by atoms with Crippen LogP contribution in [0.25, 0.3) is 16.6 Å². The lowest BCUT2D eigenvalue weighted by molar-refractivity contribution is 0.414. The van der Waals surface area contributed by atoms with Crippen molar-refractivity contribution < 1.29 is 4.74 Å². The molecule has 4 nitrogen and oxygen atoms in total. The highest BCUT2D eigenvalue weighted by Gasteiger charge is 2.13. The third-order valence-corrected chi connectivity index (χ3v) is 5.48. The molecule has 5 heteroatoms. The number of methoxy groups -OCH3 is 1. The topological polar surface area (TPSA) is 44.1 Å². The van der Waals surface area contributed by atoms with Crippen LogP contribution in [0.4, 0.5) is 0 Å². The van der Waals surface area contributed by atoms with Crippen molar-refractivity contribution in [3.8, 4) is 11.4 Å². The number of ether oxygens (including phenoxy) is 1. The number of para-hydroxylation sites is 1. The maximum absolute atomic E-state index is 13.2. The third-order valence-electron chi connectivity index (χ3n) is 4.54. The molecule has 0 aliphatic rings. The van der Waals surface area contributed by atoms with Gasteiger partial charge in [-0.15, -0.1) is 0 Å². The Morgan fingerprint density at radius 1 is 0.929 bits per heavy atom. The molecule has 0 N–H and O–H groups in total. The van der Waals surface area contributed by atoms with Crippen LogP contribution in [-0.2, 0) is 6.42 Å². The zero-order valence-corrected chi connectivity index (χ0v) is 16.4. The van der Waals surface area contributed by atoms with Gasteiger partial charge in [-0.25, -0.2) is 4.98 Å². The fourth-order valence-electron chi connectivity index (χ4n) is 3.07. The van der Waals surface area contributed by atoms with E-state index in [2.05, 4.69) is 12.1 Å². The van der Waals surface area contributed by atoms with Crippen molar-refractivity contribution in [2.24, 2.45) is 0 Å². The summed E-state index contributed by atoms with van der Waals surface area (Å²) in [6.07, 6.45) is 0.914. The first kappa shape index (κ1) is 18.3. The number of aromatic nitrogens is 2. The van der Waals surface area contributed by atoms with Gasteiger partial charge in [0, 0.05) is 5.75 Å². The molecule has 0 saturated carbocycles. The van der Waals surface area contributed by atoms with Gasteiger partial charge in [-0.1, -0.05) is 54.2 Å². The summed E-state index contributed by atoms with van der Waals surface area (Å²) in [6, 6.07) is 25.3. The number of thioether (sulfide) groups is 1. The van der Waals surface area contributed by atoms with E-state index in [9.17, 15) is 4.79 Å². The zero-order valence-electron chi connectivity index (χ0n) is 15.5. The molecule has 0 aliphatic heterocycles. The number of benzene rings is 3. The number of nitrogens with zero attached hydrogens (tertiary/aromatic N) is 2. The van der Waals surface area contributed by atoms with Crippen molar-refractivity contribution in [3.63, 3.8) is 0 Å². The second-order valence-electron chi connectivity index (χ2n) is 6.33. The zero-order chi connectivity index (χ0) is 19.3. The molecule has 0 amide bonds. The molecule has 0 unspecified atom stereocenters. The fraction of sp³-hybridized carbons (Fsp3) is 0.130.